The average Bonchev–Trinajstić information content (AvgIpc) is 3.06. The molecule has 1 aromatic heterocycles. The van der Waals surface area contributed by atoms with E-state index in [4.69, 9.17) is 10.3 Å². The lowest BCUT2D eigenvalue weighted by Crippen LogP contribution is -2.42. The molecule has 0 unspecified atom stereocenters. The van der Waals surface area contributed by atoms with E-state index in [0.29, 0.717) is 12.1 Å². The van der Waals surface area contributed by atoms with Crippen LogP contribution in [0.25, 0.3) is 10.4 Å². The van der Waals surface area contributed by atoms with Crippen LogP contribution in [0.4, 0.5) is 0 Å². The van der Waals surface area contributed by atoms with E-state index in [2.05, 4.69) is 26.0 Å². The first kappa shape index (κ1) is 21.7. The van der Waals surface area contributed by atoms with Gasteiger partial charge in [-0.15, -0.1) is 0 Å². The number of alkyl halides is 1. The fraction of sp³-hybridized carbons (Fsp3) is 0.765. The van der Waals surface area contributed by atoms with Gasteiger partial charge in [0.25, 0.3) is 5.56 Å². The number of halogens is 1. The Morgan fingerprint density at radius 3 is 2.70 bits per heavy atom. The number of unbranched alkanes of at least 4 members (excludes halogenated alkanes) is 4. The molecule has 9 nitrogen and oxygen atoms in total. The largest absolute Gasteiger partial charge is 0.394 e. The predicted octanol–water partition coefficient (Wildman–Crippen LogP) is 2.62. The molecule has 0 amide bonds. The van der Waals surface area contributed by atoms with Gasteiger partial charge in [0.2, 0.25) is 0 Å². The van der Waals surface area contributed by atoms with Gasteiger partial charge in [0.05, 0.1) is 18.8 Å². The van der Waals surface area contributed by atoms with Gasteiger partial charge >= 0.3 is 5.69 Å². The van der Waals surface area contributed by atoms with E-state index in [1.807, 2.05) is 0 Å². The quantitative estimate of drug-likeness (QED) is 0.196. The van der Waals surface area contributed by atoms with Gasteiger partial charge in [0.15, 0.2) is 0 Å². The summed E-state index contributed by atoms with van der Waals surface area (Å²) in [6.45, 7) is 1.72. The van der Waals surface area contributed by atoms with Crippen molar-refractivity contribution in [2.45, 2.75) is 70.4 Å². The lowest BCUT2D eigenvalue weighted by molar-refractivity contribution is -0.0277. The summed E-state index contributed by atoms with van der Waals surface area (Å²) in [6.07, 6.45) is 5.45. The van der Waals surface area contributed by atoms with Crippen molar-refractivity contribution >= 4 is 15.9 Å². The summed E-state index contributed by atoms with van der Waals surface area (Å²) < 4.78 is 8.31. The molecular weight excluding hydrogens is 418 g/mol. The molecular formula is C17H26BrN5O4. The molecule has 1 saturated heterocycles. The zero-order valence-electron chi connectivity index (χ0n) is 15.5. The fourth-order valence-corrected chi connectivity index (χ4v) is 3.69. The molecule has 0 saturated carbocycles. The number of hydrogen-bond acceptors (Lipinski definition) is 5. The minimum absolute atomic E-state index is 0.277. The first-order valence-corrected chi connectivity index (χ1v) is 10.3. The molecule has 3 atom stereocenters. The Bertz CT molecular complexity index is 787. The molecule has 150 valence electrons. The van der Waals surface area contributed by atoms with Crippen LogP contribution in [0.1, 0.15) is 50.3 Å². The normalized spacial score (nSPS) is 22.0. The molecule has 0 bridgehead atoms. The Morgan fingerprint density at radius 1 is 1.33 bits per heavy atom. The van der Waals surface area contributed by atoms with Gasteiger partial charge in [-0.2, -0.15) is 0 Å². The first-order valence-electron chi connectivity index (χ1n) is 9.22. The standard InChI is InChI=1S/C17H26BrN5O4/c1-12-10-23(15-9-13(20-21-19)14(11-24)27-15)17(26)22(16(12)25)8-6-4-2-3-5-7-18/h10,13-15,24H,2-9,11H2,1H3/t13-,14+,15+/m0/s1. The van der Waals surface area contributed by atoms with Crippen molar-refractivity contribution in [2.24, 2.45) is 5.11 Å². The monoisotopic (exact) mass is 443 g/mol. The first-order chi connectivity index (χ1) is 13.0. The molecule has 1 aliphatic rings. The van der Waals surface area contributed by atoms with E-state index < -0.39 is 24.1 Å². The van der Waals surface area contributed by atoms with Crippen LogP contribution >= 0.6 is 15.9 Å². The van der Waals surface area contributed by atoms with Crippen LogP contribution in [0.15, 0.2) is 20.9 Å². The van der Waals surface area contributed by atoms with Gasteiger partial charge < -0.3 is 9.84 Å². The highest BCUT2D eigenvalue weighted by Gasteiger charge is 2.36. The van der Waals surface area contributed by atoms with Crippen LogP contribution in [0.2, 0.25) is 0 Å². The molecule has 1 aliphatic heterocycles. The maximum absolute atomic E-state index is 12.8. The Hall–Kier alpha value is -1.61. The lowest BCUT2D eigenvalue weighted by atomic mass is 10.1. The number of ether oxygens (including phenoxy) is 1. The van der Waals surface area contributed by atoms with E-state index in [1.54, 1.807) is 6.92 Å². The van der Waals surface area contributed by atoms with E-state index >= 15 is 0 Å². The molecule has 2 rings (SSSR count). The number of hydrogen-bond donors (Lipinski definition) is 1. The van der Waals surface area contributed by atoms with Gasteiger partial charge in [0.1, 0.15) is 6.23 Å². The maximum Gasteiger partial charge on any atom is 0.333 e. The van der Waals surface area contributed by atoms with Crippen LogP contribution in [0.3, 0.4) is 0 Å². The Kier molecular flexibility index (Phi) is 8.56. The summed E-state index contributed by atoms with van der Waals surface area (Å²) in [5, 5.41) is 14.0. The third kappa shape index (κ3) is 5.44. The number of aryl methyl sites for hydroxylation is 1. The Balaban J connectivity index is 2.17. The molecule has 1 fully saturated rings. The second kappa shape index (κ2) is 10.7. The number of rotatable bonds is 10. The van der Waals surface area contributed by atoms with Gasteiger partial charge in [-0.1, -0.05) is 40.3 Å². The van der Waals surface area contributed by atoms with Crippen LogP contribution in [0.5, 0.6) is 0 Å². The highest BCUT2D eigenvalue weighted by molar-refractivity contribution is 9.09. The summed E-state index contributed by atoms with van der Waals surface area (Å²) in [7, 11) is 0. The van der Waals surface area contributed by atoms with E-state index in [0.717, 1.165) is 37.4 Å². The SMILES string of the molecule is Cc1cn([C@H]2C[C@H](N=[N+]=[N-])[C@@H](CO)O2)c(=O)n(CCCCCCCBr)c1=O. The summed E-state index contributed by atoms with van der Waals surface area (Å²) in [5.41, 5.74) is 8.38. The Labute approximate surface area is 165 Å². The molecule has 2 heterocycles. The van der Waals surface area contributed by atoms with Crippen LogP contribution in [-0.2, 0) is 11.3 Å². The number of aromatic nitrogens is 2. The van der Waals surface area contributed by atoms with Crippen LogP contribution in [0, 0.1) is 6.92 Å². The third-order valence-electron chi connectivity index (χ3n) is 4.78. The van der Waals surface area contributed by atoms with Crippen molar-refractivity contribution in [2.75, 3.05) is 11.9 Å². The minimum atomic E-state index is -0.672. The zero-order chi connectivity index (χ0) is 19.8. The summed E-state index contributed by atoms with van der Waals surface area (Å²) in [6, 6.07) is -0.549. The van der Waals surface area contributed by atoms with Crippen LogP contribution < -0.4 is 11.2 Å². The highest BCUT2D eigenvalue weighted by atomic mass is 79.9. The fourth-order valence-electron chi connectivity index (χ4n) is 3.29. The van der Waals surface area contributed by atoms with Crippen molar-refractivity contribution in [3.8, 4) is 0 Å². The number of azide groups is 1. The topological polar surface area (TPSA) is 122 Å². The second-order valence-electron chi connectivity index (χ2n) is 6.74. The summed E-state index contributed by atoms with van der Waals surface area (Å²) in [5.74, 6) is 0. The molecule has 0 aromatic carbocycles. The maximum atomic E-state index is 12.8. The van der Waals surface area contributed by atoms with E-state index in [1.165, 1.54) is 15.3 Å². The van der Waals surface area contributed by atoms with Crippen molar-refractivity contribution in [3.63, 3.8) is 0 Å². The smallest absolute Gasteiger partial charge is 0.333 e. The van der Waals surface area contributed by atoms with Gasteiger partial charge in [0, 0.05) is 35.0 Å². The summed E-state index contributed by atoms with van der Waals surface area (Å²) >= 11 is 3.40. The number of aliphatic hydroxyl groups excluding tert-OH is 1. The Morgan fingerprint density at radius 2 is 2.04 bits per heavy atom. The van der Waals surface area contributed by atoms with Crippen LogP contribution in [-0.4, -0.2) is 38.3 Å². The van der Waals surface area contributed by atoms with Crippen molar-refractivity contribution < 1.29 is 9.84 Å². The van der Waals surface area contributed by atoms with Crippen molar-refractivity contribution in [3.05, 3.63) is 43.0 Å². The van der Waals surface area contributed by atoms with E-state index in [9.17, 15) is 14.7 Å². The number of nitrogens with zero attached hydrogens (tertiary/aromatic N) is 5. The lowest BCUT2D eigenvalue weighted by Gasteiger charge is -2.17. The van der Waals surface area contributed by atoms with Gasteiger partial charge in [-0.25, -0.2) is 4.79 Å². The highest BCUT2D eigenvalue weighted by Crippen LogP contribution is 2.29. The molecule has 0 aliphatic carbocycles. The molecule has 27 heavy (non-hydrogen) atoms. The zero-order valence-corrected chi connectivity index (χ0v) is 17.0. The second-order valence-corrected chi connectivity index (χ2v) is 7.53. The minimum Gasteiger partial charge on any atom is -0.394 e. The average molecular weight is 444 g/mol. The molecule has 10 heteroatoms. The van der Waals surface area contributed by atoms with Gasteiger partial charge in [-0.05, 0) is 25.3 Å². The molecule has 0 spiro atoms. The third-order valence-corrected chi connectivity index (χ3v) is 5.34. The molecule has 1 aromatic rings. The molecule has 1 N–H and O–H groups in total. The van der Waals surface area contributed by atoms with E-state index in [-0.39, 0.29) is 18.6 Å². The van der Waals surface area contributed by atoms with Crippen molar-refractivity contribution in [1.29, 1.82) is 0 Å². The summed E-state index contributed by atoms with van der Waals surface area (Å²) in [4.78, 5) is 28.0. The van der Waals surface area contributed by atoms with Crippen molar-refractivity contribution in [1.82, 2.24) is 9.13 Å². The number of aliphatic hydroxyl groups is 1. The molecule has 0 radical (unpaired) electrons. The predicted molar refractivity (Wildman–Crippen MR) is 105 cm³/mol. The van der Waals surface area contributed by atoms with Gasteiger partial charge in [-0.3, -0.25) is 13.9 Å².